The molecule has 0 aliphatic carbocycles. The lowest BCUT2D eigenvalue weighted by Crippen LogP contribution is -1.90. The van der Waals surface area contributed by atoms with Crippen molar-refractivity contribution in [3.05, 3.63) is 48.7 Å². The number of nitrogens with one attached hydrogen (secondary N) is 1. The van der Waals surface area contributed by atoms with E-state index in [-0.39, 0.29) is 0 Å². The third-order valence-electron chi connectivity index (χ3n) is 2.34. The van der Waals surface area contributed by atoms with E-state index in [4.69, 9.17) is 0 Å². The maximum absolute atomic E-state index is 4.14. The first-order chi connectivity index (χ1) is 8.93. The molecule has 2 heterocycles. The van der Waals surface area contributed by atoms with Crippen molar-refractivity contribution in [3.63, 3.8) is 0 Å². The van der Waals surface area contributed by atoms with E-state index in [1.54, 1.807) is 6.21 Å². The van der Waals surface area contributed by atoms with Crippen molar-refractivity contribution in [3.8, 4) is 11.3 Å². The summed E-state index contributed by atoms with van der Waals surface area (Å²) >= 11 is 0. The van der Waals surface area contributed by atoms with Gasteiger partial charge in [0, 0.05) is 5.56 Å². The zero-order valence-electron chi connectivity index (χ0n) is 9.30. The van der Waals surface area contributed by atoms with Gasteiger partial charge in [-0.15, -0.1) is 10.2 Å². The van der Waals surface area contributed by atoms with Gasteiger partial charge < -0.3 is 0 Å². The third kappa shape index (κ3) is 2.01. The SMILES string of the molecule is C(=N\n1cnnc1)/c1n[nH]nc1-c1ccccc1. The molecule has 0 aliphatic heterocycles. The van der Waals surface area contributed by atoms with Gasteiger partial charge in [-0.25, -0.2) is 4.68 Å². The fourth-order valence-electron chi connectivity index (χ4n) is 1.51. The second kappa shape index (κ2) is 4.58. The zero-order valence-corrected chi connectivity index (χ0v) is 9.30. The molecule has 2 aromatic heterocycles. The Bertz CT molecular complexity index is 639. The molecule has 88 valence electrons. The highest BCUT2D eigenvalue weighted by molar-refractivity contribution is 5.85. The van der Waals surface area contributed by atoms with Gasteiger partial charge in [0.05, 0.1) is 6.21 Å². The number of H-pyrrole nitrogens is 1. The predicted molar refractivity (Wildman–Crippen MR) is 64.8 cm³/mol. The molecule has 1 aromatic carbocycles. The zero-order chi connectivity index (χ0) is 12.2. The van der Waals surface area contributed by atoms with Crippen molar-refractivity contribution >= 4 is 6.21 Å². The minimum Gasteiger partial charge on any atom is -0.208 e. The molecule has 0 aliphatic rings. The van der Waals surface area contributed by atoms with Crippen LogP contribution in [0.15, 0.2) is 48.1 Å². The summed E-state index contributed by atoms with van der Waals surface area (Å²) in [5.74, 6) is 0. The highest BCUT2D eigenvalue weighted by atomic mass is 15.4. The average molecular weight is 239 g/mol. The van der Waals surface area contributed by atoms with Gasteiger partial charge in [-0.05, 0) is 0 Å². The molecule has 0 saturated heterocycles. The lowest BCUT2D eigenvalue weighted by molar-refractivity contribution is 0.875. The maximum atomic E-state index is 4.14. The van der Waals surface area contributed by atoms with Crippen molar-refractivity contribution in [1.82, 2.24) is 30.3 Å². The molecule has 3 rings (SSSR count). The van der Waals surface area contributed by atoms with Gasteiger partial charge in [0.25, 0.3) is 0 Å². The lowest BCUT2D eigenvalue weighted by Gasteiger charge is -1.95. The van der Waals surface area contributed by atoms with Gasteiger partial charge in [-0.3, -0.25) is 0 Å². The molecule has 0 bridgehead atoms. The molecule has 0 spiro atoms. The van der Waals surface area contributed by atoms with Crippen LogP contribution in [-0.2, 0) is 0 Å². The minimum atomic E-state index is 0.662. The monoisotopic (exact) mass is 239 g/mol. The molecule has 0 saturated carbocycles. The van der Waals surface area contributed by atoms with E-state index in [9.17, 15) is 0 Å². The summed E-state index contributed by atoms with van der Waals surface area (Å²) in [7, 11) is 0. The van der Waals surface area contributed by atoms with E-state index in [0.29, 0.717) is 5.69 Å². The van der Waals surface area contributed by atoms with Crippen molar-refractivity contribution in [1.29, 1.82) is 0 Å². The third-order valence-corrected chi connectivity index (χ3v) is 2.34. The number of hydrogen-bond acceptors (Lipinski definition) is 5. The Hall–Kier alpha value is -2.83. The topological polar surface area (TPSA) is 84.6 Å². The van der Waals surface area contributed by atoms with Gasteiger partial charge in [-0.1, -0.05) is 30.3 Å². The minimum absolute atomic E-state index is 0.662. The van der Waals surface area contributed by atoms with Crippen LogP contribution in [0.3, 0.4) is 0 Å². The van der Waals surface area contributed by atoms with E-state index < -0.39 is 0 Å². The van der Waals surface area contributed by atoms with Crippen LogP contribution < -0.4 is 0 Å². The second-order valence-electron chi connectivity index (χ2n) is 3.51. The van der Waals surface area contributed by atoms with Crippen molar-refractivity contribution < 1.29 is 0 Å². The first-order valence-electron chi connectivity index (χ1n) is 5.28. The van der Waals surface area contributed by atoms with Crippen molar-refractivity contribution in [2.45, 2.75) is 0 Å². The largest absolute Gasteiger partial charge is 0.208 e. The van der Waals surface area contributed by atoms with Crippen LogP contribution in [-0.4, -0.2) is 36.5 Å². The maximum Gasteiger partial charge on any atom is 0.141 e. The average Bonchev–Trinajstić information content (AvgIpc) is 3.09. The van der Waals surface area contributed by atoms with Crippen molar-refractivity contribution in [2.75, 3.05) is 0 Å². The second-order valence-corrected chi connectivity index (χ2v) is 3.51. The summed E-state index contributed by atoms with van der Waals surface area (Å²) in [5.41, 5.74) is 2.40. The number of aromatic nitrogens is 6. The summed E-state index contributed by atoms with van der Waals surface area (Å²) < 4.78 is 1.49. The molecular formula is C11H9N7. The Balaban J connectivity index is 1.93. The summed E-state index contributed by atoms with van der Waals surface area (Å²) in [5, 5.41) is 22.2. The van der Waals surface area contributed by atoms with Crippen LogP contribution in [0.2, 0.25) is 0 Å². The Morgan fingerprint density at radius 3 is 2.61 bits per heavy atom. The fourth-order valence-corrected chi connectivity index (χ4v) is 1.51. The normalized spacial score (nSPS) is 11.1. The highest BCUT2D eigenvalue weighted by Crippen LogP contribution is 2.17. The summed E-state index contributed by atoms with van der Waals surface area (Å²) in [6.45, 7) is 0. The number of benzene rings is 1. The van der Waals surface area contributed by atoms with Gasteiger partial charge >= 0.3 is 0 Å². The number of hydrogen-bond donors (Lipinski definition) is 1. The predicted octanol–water partition coefficient (Wildman–Crippen LogP) is 0.945. The van der Waals surface area contributed by atoms with Crippen LogP contribution >= 0.6 is 0 Å². The van der Waals surface area contributed by atoms with E-state index in [1.165, 1.54) is 17.3 Å². The Morgan fingerprint density at radius 1 is 1.06 bits per heavy atom. The number of aromatic amines is 1. The van der Waals surface area contributed by atoms with Crippen molar-refractivity contribution in [2.24, 2.45) is 5.10 Å². The fraction of sp³-hybridized carbons (Fsp3) is 0. The van der Waals surface area contributed by atoms with Crippen LogP contribution in [0.5, 0.6) is 0 Å². The van der Waals surface area contributed by atoms with Crippen LogP contribution in [0, 0.1) is 0 Å². The standard InChI is InChI=1S/C11H9N7/c1-2-4-9(5-3-1)11-10(15-17-16-11)6-14-18-7-12-13-8-18/h1-8H,(H,15,16,17)/b14-6+. The number of nitrogens with zero attached hydrogens (tertiary/aromatic N) is 6. The van der Waals surface area contributed by atoms with E-state index in [1.807, 2.05) is 30.3 Å². The van der Waals surface area contributed by atoms with E-state index in [0.717, 1.165) is 11.3 Å². The molecule has 1 N–H and O–H groups in total. The van der Waals surface area contributed by atoms with Crippen LogP contribution in [0.1, 0.15) is 5.69 Å². The smallest absolute Gasteiger partial charge is 0.141 e. The molecule has 7 nitrogen and oxygen atoms in total. The van der Waals surface area contributed by atoms with Gasteiger partial charge in [0.15, 0.2) is 0 Å². The molecule has 0 amide bonds. The molecule has 3 aromatic rings. The number of rotatable bonds is 3. The Labute approximate surface area is 102 Å². The Kier molecular flexibility index (Phi) is 2.63. The van der Waals surface area contributed by atoms with Gasteiger partial charge in [0.1, 0.15) is 24.0 Å². The summed E-state index contributed by atoms with van der Waals surface area (Å²) in [4.78, 5) is 0. The molecule has 0 fully saturated rings. The first kappa shape index (κ1) is 10.3. The Morgan fingerprint density at radius 2 is 1.83 bits per heavy atom. The summed E-state index contributed by atoms with van der Waals surface area (Å²) in [6.07, 6.45) is 4.60. The molecular weight excluding hydrogens is 230 g/mol. The molecule has 0 radical (unpaired) electrons. The highest BCUT2D eigenvalue weighted by Gasteiger charge is 2.07. The van der Waals surface area contributed by atoms with E-state index >= 15 is 0 Å². The molecule has 0 atom stereocenters. The molecule has 0 unspecified atom stereocenters. The quantitative estimate of drug-likeness (QED) is 0.689. The molecule has 18 heavy (non-hydrogen) atoms. The first-order valence-corrected chi connectivity index (χ1v) is 5.28. The lowest BCUT2D eigenvalue weighted by atomic mass is 10.1. The van der Waals surface area contributed by atoms with Gasteiger partial charge in [-0.2, -0.15) is 20.5 Å². The van der Waals surface area contributed by atoms with Crippen LogP contribution in [0.4, 0.5) is 0 Å². The molecule has 7 heteroatoms. The van der Waals surface area contributed by atoms with Gasteiger partial charge in [0.2, 0.25) is 0 Å². The summed E-state index contributed by atoms with van der Waals surface area (Å²) in [6, 6.07) is 9.78. The van der Waals surface area contributed by atoms with E-state index in [2.05, 4.69) is 30.7 Å². The van der Waals surface area contributed by atoms with Crippen LogP contribution in [0.25, 0.3) is 11.3 Å².